The summed E-state index contributed by atoms with van der Waals surface area (Å²) in [4.78, 5) is 15.1. The topological polar surface area (TPSA) is 38.8 Å². The van der Waals surface area contributed by atoms with Crippen molar-refractivity contribution in [2.24, 2.45) is 0 Å². The van der Waals surface area contributed by atoms with Crippen molar-refractivity contribution < 1.29 is 14.3 Å². The van der Waals surface area contributed by atoms with Crippen LogP contribution in [0.15, 0.2) is 42.5 Å². The van der Waals surface area contributed by atoms with Crippen molar-refractivity contribution in [3.8, 4) is 11.5 Å². The third-order valence-electron chi connectivity index (χ3n) is 5.49. The van der Waals surface area contributed by atoms with Crippen LogP contribution in [-0.4, -0.2) is 30.6 Å². The lowest BCUT2D eigenvalue weighted by Gasteiger charge is -2.26. The van der Waals surface area contributed by atoms with Crippen molar-refractivity contribution in [2.45, 2.75) is 45.1 Å². The smallest absolute Gasteiger partial charge is 0.254 e. The molecule has 0 radical (unpaired) electrons. The van der Waals surface area contributed by atoms with Crippen LogP contribution in [0.3, 0.4) is 0 Å². The molecule has 2 heterocycles. The fraction of sp³-hybridized carbons (Fsp3) is 0.435. The number of benzene rings is 2. The summed E-state index contributed by atoms with van der Waals surface area (Å²) < 4.78 is 11.6. The maximum atomic E-state index is 13.1. The third-order valence-corrected chi connectivity index (χ3v) is 5.49. The van der Waals surface area contributed by atoms with Crippen LogP contribution in [0.25, 0.3) is 0 Å². The van der Waals surface area contributed by atoms with Crippen LogP contribution in [0.2, 0.25) is 0 Å². The van der Waals surface area contributed by atoms with Gasteiger partial charge in [0.05, 0.1) is 19.3 Å². The summed E-state index contributed by atoms with van der Waals surface area (Å²) in [7, 11) is 0. The standard InChI is InChI=1S/C23H27NO3/c1-16(2)17-6-8-18(9-7-17)23(25)24-12-3-5-20(24)19-10-11-21-22(15-19)27-14-4-13-26-21/h6-11,15-16,20H,3-5,12-14H2,1-2H3. The van der Waals surface area contributed by atoms with E-state index in [1.807, 2.05) is 23.1 Å². The van der Waals surface area contributed by atoms with Gasteiger partial charge in [-0.15, -0.1) is 0 Å². The highest BCUT2D eigenvalue weighted by Gasteiger charge is 2.31. The monoisotopic (exact) mass is 365 g/mol. The Kier molecular flexibility index (Phi) is 5.06. The molecule has 2 aromatic rings. The van der Waals surface area contributed by atoms with Crippen molar-refractivity contribution in [3.63, 3.8) is 0 Å². The quantitative estimate of drug-likeness (QED) is 0.773. The molecular weight excluding hydrogens is 338 g/mol. The van der Waals surface area contributed by atoms with Crippen molar-refractivity contribution in [1.29, 1.82) is 0 Å². The predicted molar refractivity (Wildman–Crippen MR) is 106 cm³/mol. The number of carbonyl (C=O) groups excluding carboxylic acids is 1. The minimum absolute atomic E-state index is 0.0967. The molecule has 4 heteroatoms. The Balaban J connectivity index is 1.57. The van der Waals surface area contributed by atoms with Crippen molar-refractivity contribution in [2.75, 3.05) is 19.8 Å². The van der Waals surface area contributed by atoms with Gasteiger partial charge in [-0.3, -0.25) is 4.79 Å². The molecule has 2 aromatic carbocycles. The normalized spacial score (nSPS) is 19.2. The summed E-state index contributed by atoms with van der Waals surface area (Å²) in [5, 5.41) is 0. The van der Waals surface area contributed by atoms with E-state index in [4.69, 9.17) is 9.47 Å². The first-order valence-electron chi connectivity index (χ1n) is 9.94. The zero-order valence-corrected chi connectivity index (χ0v) is 16.1. The van der Waals surface area contributed by atoms with Crippen molar-refractivity contribution in [3.05, 3.63) is 59.2 Å². The van der Waals surface area contributed by atoms with E-state index in [1.165, 1.54) is 5.56 Å². The second kappa shape index (κ2) is 7.63. The molecule has 1 amide bonds. The van der Waals surface area contributed by atoms with Gasteiger partial charge in [-0.05, 0) is 54.2 Å². The molecule has 0 aromatic heterocycles. The number of rotatable bonds is 3. The molecule has 0 saturated carbocycles. The molecule has 142 valence electrons. The van der Waals surface area contributed by atoms with Gasteiger partial charge in [0.15, 0.2) is 11.5 Å². The molecule has 0 bridgehead atoms. The number of fused-ring (bicyclic) bond motifs is 1. The molecule has 2 aliphatic rings. The summed E-state index contributed by atoms with van der Waals surface area (Å²) >= 11 is 0. The molecule has 1 fully saturated rings. The molecule has 0 N–H and O–H groups in total. The summed E-state index contributed by atoms with van der Waals surface area (Å²) in [6.45, 7) is 6.48. The lowest BCUT2D eigenvalue weighted by Crippen LogP contribution is -2.30. The van der Waals surface area contributed by atoms with Crippen LogP contribution in [0.1, 0.15) is 66.6 Å². The highest BCUT2D eigenvalue weighted by Crippen LogP contribution is 2.38. The number of hydrogen-bond donors (Lipinski definition) is 0. The second-order valence-corrected chi connectivity index (χ2v) is 7.69. The summed E-state index contributed by atoms with van der Waals surface area (Å²) in [5.74, 6) is 2.18. The molecule has 27 heavy (non-hydrogen) atoms. The Bertz CT molecular complexity index is 813. The first-order chi connectivity index (χ1) is 13.1. The number of carbonyl (C=O) groups is 1. The maximum absolute atomic E-state index is 13.1. The zero-order valence-electron chi connectivity index (χ0n) is 16.1. The number of ether oxygens (including phenoxy) is 2. The average molecular weight is 365 g/mol. The van der Waals surface area contributed by atoms with Crippen LogP contribution >= 0.6 is 0 Å². The third kappa shape index (κ3) is 3.66. The first kappa shape index (κ1) is 17.9. The lowest BCUT2D eigenvalue weighted by atomic mass is 10.0. The second-order valence-electron chi connectivity index (χ2n) is 7.69. The summed E-state index contributed by atoms with van der Waals surface area (Å²) in [6, 6.07) is 14.3. The van der Waals surface area contributed by atoms with E-state index in [9.17, 15) is 4.79 Å². The Morgan fingerprint density at radius 1 is 1.00 bits per heavy atom. The highest BCUT2D eigenvalue weighted by atomic mass is 16.5. The number of nitrogens with zero attached hydrogens (tertiary/aromatic N) is 1. The van der Waals surface area contributed by atoms with E-state index in [-0.39, 0.29) is 11.9 Å². The van der Waals surface area contributed by atoms with E-state index in [1.54, 1.807) is 0 Å². The van der Waals surface area contributed by atoms with E-state index >= 15 is 0 Å². The Morgan fingerprint density at radius 2 is 1.74 bits per heavy atom. The molecule has 1 unspecified atom stereocenters. The maximum Gasteiger partial charge on any atom is 0.254 e. The van der Waals surface area contributed by atoms with Gasteiger partial charge in [-0.2, -0.15) is 0 Å². The Labute approximate surface area is 161 Å². The molecule has 4 nitrogen and oxygen atoms in total. The summed E-state index contributed by atoms with van der Waals surface area (Å²) in [6.07, 6.45) is 2.90. The van der Waals surface area contributed by atoms with Crippen LogP contribution in [0.4, 0.5) is 0 Å². The van der Waals surface area contributed by atoms with Gasteiger partial charge in [0.2, 0.25) is 0 Å². The van der Waals surface area contributed by atoms with Gasteiger partial charge in [-0.25, -0.2) is 0 Å². The van der Waals surface area contributed by atoms with Gasteiger partial charge >= 0.3 is 0 Å². The zero-order chi connectivity index (χ0) is 18.8. The van der Waals surface area contributed by atoms with Gasteiger partial charge in [-0.1, -0.05) is 32.0 Å². The van der Waals surface area contributed by atoms with Crippen molar-refractivity contribution >= 4 is 5.91 Å². The molecule has 1 atom stereocenters. The fourth-order valence-corrected chi connectivity index (χ4v) is 3.92. The van der Waals surface area contributed by atoms with E-state index < -0.39 is 0 Å². The number of amides is 1. The molecule has 0 aliphatic carbocycles. The van der Waals surface area contributed by atoms with Crippen LogP contribution in [-0.2, 0) is 0 Å². The average Bonchev–Trinajstić information content (AvgIpc) is 3.06. The SMILES string of the molecule is CC(C)c1ccc(C(=O)N2CCCC2c2ccc3c(c2)OCCCO3)cc1. The number of likely N-dealkylation sites (tertiary alicyclic amines) is 1. The van der Waals surface area contributed by atoms with Gasteiger partial charge < -0.3 is 14.4 Å². The van der Waals surface area contributed by atoms with E-state index in [0.717, 1.165) is 48.4 Å². The molecular formula is C23H27NO3. The number of hydrogen-bond acceptors (Lipinski definition) is 3. The summed E-state index contributed by atoms with van der Waals surface area (Å²) in [5.41, 5.74) is 3.15. The molecule has 1 saturated heterocycles. The predicted octanol–water partition coefficient (Wildman–Crippen LogP) is 4.95. The minimum atomic E-state index is 0.0967. The minimum Gasteiger partial charge on any atom is -0.490 e. The van der Waals surface area contributed by atoms with Crippen LogP contribution in [0.5, 0.6) is 11.5 Å². The van der Waals surface area contributed by atoms with Gasteiger partial charge in [0.25, 0.3) is 5.91 Å². The van der Waals surface area contributed by atoms with Crippen LogP contribution in [0, 0.1) is 0 Å². The van der Waals surface area contributed by atoms with E-state index in [0.29, 0.717) is 19.1 Å². The van der Waals surface area contributed by atoms with E-state index in [2.05, 4.69) is 38.1 Å². The largest absolute Gasteiger partial charge is 0.490 e. The molecule has 0 spiro atoms. The molecule has 4 rings (SSSR count). The van der Waals surface area contributed by atoms with Crippen molar-refractivity contribution in [1.82, 2.24) is 4.90 Å². The fourth-order valence-electron chi connectivity index (χ4n) is 3.92. The van der Waals surface area contributed by atoms with Gasteiger partial charge in [0, 0.05) is 18.5 Å². The Morgan fingerprint density at radius 3 is 2.48 bits per heavy atom. The first-order valence-corrected chi connectivity index (χ1v) is 9.94. The molecule has 2 aliphatic heterocycles. The Hall–Kier alpha value is -2.49. The highest BCUT2D eigenvalue weighted by molar-refractivity contribution is 5.94. The lowest BCUT2D eigenvalue weighted by molar-refractivity contribution is 0.0735. The van der Waals surface area contributed by atoms with Gasteiger partial charge in [0.1, 0.15) is 0 Å². The van der Waals surface area contributed by atoms with Crippen LogP contribution < -0.4 is 9.47 Å².